The summed E-state index contributed by atoms with van der Waals surface area (Å²) in [6.45, 7) is 9.86. The second kappa shape index (κ2) is 10.1. The smallest absolute Gasteiger partial charge is 0.408 e. The third kappa shape index (κ3) is 6.93. The minimum atomic E-state index is -1.03. The van der Waals surface area contributed by atoms with Crippen molar-refractivity contribution in [3.05, 3.63) is 35.4 Å². The monoisotopic (exact) mass is 459 g/mol. The van der Waals surface area contributed by atoms with E-state index in [2.05, 4.69) is 15.5 Å². The maximum atomic E-state index is 13.5. The first-order chi connectivity index (χ1) is 15.5. The summed E-state index contributed by atoms with van der Waals surface area (Å²) in [4.78, 5) is 40.2. The van der Waals surface area contributed by atoms with E-state index in [1.807, 2.05) is 6.92 Å². The molecule has 0 radical (unpaired) electrons. The summed E-state index contributed by atoms with van der Waals surface area (Å²) in [6.07, 6.45) is 3.04. The summed E-state index contributed by atoms with van der Waals surface area (Å²) in [6, 6.07) is 6.64. The second-order valence-electron chi connectivity index (χ2n) is 10.3. The lowest BCUT2D eigenvalue weighted by atomic mass is 9.86. The summed E-state index contributed by atoms with van der Waals surface area (Å²) in [5.41, 5.74) is -0.369. The molecule has 8 nitrogen and oxygen atoms in total. The van der Waals surface area contributed by atoms with Gasteiger partial charge in [0.1, 0.15) is 11.1 Å². The van der Waals surface area contributed by atoms with Gasteiger partial charge in [-0.05, 0) is 77.0 Å². The first kappa shape index (κ1) is 25.0. The topological polar surface area (TPSA) is 97.0 Å². The number of nitrogens with zero attached hydrogens (tertiary/aromatic N) is 1. The van der Waals surface area contributed by atoms with Gasteiger partial charge in [0.25, 0.3) is 0 Å². The Morgan fingerprint density at radius 2 is 1.73 bits per heavy atom. The molecular formula is C25H37N3O5. The zero-order chi connectivity index (χ0) is 24.2. The highest BCUT2D eigenvalue weighted by atomic mass is 16.6. The Morgan fingerprint density at radius 1 is 1.12 bits per heavy atom. The van der Waals surface area contributed by atoms with Crippen molar-refractivity contribution in [3.63, 3.8) is 0 Å². The van der Waals surface area contributed by atoms with E-state index in [1.165, 1.54) is 20.0 Å². The number of methoxy groups -OCH3 is 1. The molecule has 1 heterocycles. The molecule has 1 aromatic carbocycles. The quantitative estimate of drug-likeness (QED) is 0.607. The van der Waals surface area contributed by atoms with E-state index in [4.69, 9.17) is 9.47 Å². The minimum Gasteiger partial charge on any atom is -0.465 e. The van der Waals surface area contributed by atoms with Gasteiger partial charge in [0.2, 0.25) is 5.91 Å². The molecule has 2 N–H and O–H groups in total. The fourth-order valence-electron chi connectivity index (χ4n) is 4.13. The molecule has 3 rings (SSSR count). The van der Waals surface area contributed by atoms with Crippen LogP contribution in [0.1, 0.15) is 75.3 Å². The van der Waals surface area contributed by atoms with E-state index in [9.17, 15) is 14.4 Å². The summed E-state index contributed by atoms with van der Waals surface area (Å²) in [5.74, 6) is 0.152. The van der Waals surface area contributed by atoms with Crippen LogP contribution in [-0.2, 0) is 14.3 Å². The van der Waals surface area contributed by atoms with Crippen LogP contribution in [-0.4, -0.2) is 60.8 Å². The molecule has 1 aliphatic heterocycles. The average molecular weight is 460 g/mol. The van der Waals surface area contributed by atoms with E-state index in [-0.39, 0.29) is 11.9 Å². The Hall–Kier alpha value is -2.61. The largest absolute Gasteiger partial charge is 0.465 e. The number of benzene rings is 1. The number of nitrogens with one attached hydrogen (secondary N) is 2. The van der Waals surface area contributed by atoms with Crippen molar-refractivity contribution < 1.29 is 23.9 Å². The van der Waals surface area contributed by atoms with Gasteiger partial charge in [0, 0.05) is 19.6 Å². The summed E-state index contributed by atoms with van der Waals surface area (Å²) < 4.78 is 10.2. The number of esters is 1. The molecule has 2 amide bonds. The molecule has 182 valence electrons. The van der Waals surface area contributed by atoms with Crippen molar-refractivity contribution in [2.24, 2.45) is 5.92 Å². The number of piperidine rings is 1. The van der Waals surface area contributed by atoms with Gasteiger partial charge in [-0.15, -0.1) is 0 Å². The number of hydrogen-bond acceptors (Lipinski definition) is 6. The summed E-state index contributed by atoms with van der Waals surface area (Å²) in [7, 11) is 1.34. The van der Waals surface area contributed by atoms with Crippen LogP contribution in [0.25, 0.3) is 0 Å². The van der Waals surface area contributed by atoms with Gasteiger partial charge in [-0.2, -0.15) is 0 Å². The molecule has 1 unspecified atom stereocenters. The van der Waals surface area contributed by atoms with E-state index >= 15 is 0 Å². The number of ether oxygens (including phenoxy) is 2. The molecule has 0 bridgehead atoms. The minimum absolute atomic E-state index is 0.219. The van der Waals surface area contributed by atoms with Gasteiger partial charge in [0.05, 0.1) is 18.7 Å². The van der Waals surface area contributed by atoms with Crippen LogP contribution in [0, 0.1) is 5.92 Å². The number of hydrogen-bond donors (Lipinski definition) is 2. The van der Waals surface area contributed by atoms with Crippen LogP contribution in [0.2, 0.25) is 0 Å². The average Bonchev–Trinajstić information content (AvgIpc) is 3.57. The Bertz CT molecular complexity index is 850. The molecule has 1 aliphatic carbocycles. The fourth-order valence-corrected chi connectivity index (χ4v) is 4.13. The lowest BCUT2D eigenvalue weighted by Gasteiger charge is -2.41. The van der Waals surface area contributed by atoms with Gasteiger partial charge >= 0.3 is 12.1 Å². The molecule has 1 aromatic rings. The second-order valence-corrected chi connectivity index (χ2v) is 10.3. The Balaban J connectivity index is 1.69. The van der Waals surface area contributed by atoms with Gasteiger partial charge < -0.3 is 25.0 Å². The third-order valence-electron chi connectivity index (χ3n) is 6.28. The number of amides is 2. The van der Waals surface area contributed by atoms with Crippen LogP contribution in [0.3, 0.4) is 0 Å². The van der Waals surface area contributed by atoms with Crippen molar-refractivity contribution in [1.82, 2.24) is 15.5 Å². The van der Waals surface area contributed by atoms with Gasteiger partial charge in [-0.25, -0.2) is 9.59 Å². The Morgan fingerprint density at radius 3 is 2.24 bits per heavy atom. The zero-order valence-corrected chi connectivity index (χ0v) is 20.4. The third-order valence-corrected chi connectivity index (χ3v) is 6.28. The Kier molecular flexibility index (Phi) is 7.67. The molecule has 0 spiro atoms. The van der Waals surface area contributed by atoms with E-state index in [1.54, 1.807) is 45.0 Å². The van der Waals surface area contributed by atoms with Crippen LogP contribution in [0.15, 0.2) is 24.3 Å². The van der Waals surface area contributed by atoms with Gasteiger partial charge in [-0.3, -0.25) is 4.79 Å². The van der Waals surface area contributed by atoms with Gasteiger partial charge in [-0.1, -0.05) is 12.1 Å². The summed E-state index contributed by atoms with van der Waals surface area (Å²) >= 11 is 0. The normalized spacial score (nSPS) is 19.3. The van der Waals surface area contributed by atoms with Crippen LogP contribution in [0.5, 0.6) is 0 Å². The number of carbonyl (C=O) groups excluding carboxylic acids is 3. The van der Waals surface area contributed by atoms with E-state index in [0.717, 1.165) is 31.1 Å². The standard InChI is InChI=1S/C25H37N3O5/c1-17(19-8-10-20(11-9-19)21(29)32-5)26-22(30)25(27-23(31)33-24(2,3)4)12-14-28(15-13-25)16-18-6-7-18/h8-11,17-18H,6-7,12-16H2,1-5H3,(H,26,30)(H,27,31). The fraction of sp³-hybridized carbons (Fsp3) is 0.640. The van der Waals surface area contributed by atoms with Crippen LogP contribution >= 0.6 is 0 Å². The number of rotatable bonds is 7. The molecule has 0 aromatic heterocycles. The molecular weight excluding hydrogens is 422 g/mol. The van der Waals surface area contributed by atoms with Crippen molar-refractivity contribution in [2.75, 3.05) is 26.7 Å². The van der Waals surface area contributed by atoms with E-state index < -0.39 is 23.2 Å². The first-order valence-electron chi connectivity index (χ1n) is 11.7. The van der Waals surface area contributed by atoms with Crippen LogP contribution in [0.4, 0.5) is 4.79 Å². The zero-order valence-electron chi connectivity index (χ0n) is 20.4. The van der Waals surface area contributed by atoms with Gasteiger partial charge in [0.15, 0.2) is 0 Å². The molecule has 1 saturated carbocycles. The maximum absolute atomic E-state index is 13.5. The highest BCUT2D eigenvalue weighted by molar-refractivity contribution is 5.91. The highest BCUT2D eigenvalue weighted by Gasteiger charge is 2.44. The number of carbonyl (C=O) groups is 3. The van der Waals surface area contributed by atoms with Crippen molar-refractivity contribution >= 4 is 18.0 Å². The van der Waals surface area contributed by atoms with Crippen LogP contribution < -0.4 is 10.6 Å². The van der Waals surface area contributed by atoms with E-state index in [0.29, 0.717) is 18.4 Å². The predicted molar refractivity (Wildman–Crippen MR) is 125 cm³/mol. The molecule has 2 aliphatic rings. The molecule has 2 fully saturated rings. The maximum Gasteiger partial charge on any atom is 0.408 e. The molecule has 8 heteroatoms. The highest BCUT2D eigenvalue weighted by Crippen LogP contribution is 2.32. The SMILES string of the molecule is COC(=O)c1ccc(C(C)NC(=O)C2(NC(=O)OC(C)(C)C)CCN(CC3CC3)CC2)cc1. The lowest BCUT2D eigenvalue weighted by Crippen LogP contribution is -2.64. The summed E-state index contributed by atoms with van der Waals surface area (Å²) in [5, 5.41) is 5.97. The van der Waals surface area contributed by atoms with Crippen molar-refractivity contribution in [3.8, 4) is 0 Å². The first-order valence-corrected chi connectivity index (χ1v) is 11.7. The van der Waals surface area contributed by atoms with Crippen molar-refractivity contribution in [1.29, 1.82) is 0 Å². The predicted octanol–water partition coefficient (Wildman–Crippen LogP) is 3.42. The lowest BCUT2D eigenvalue weighted by molar-refractivity contribution is -0.130. The number of likely N-dealkylation sites (tertiary alicyclic amines) is 1. The number of alkyl carbamates (subject to hydrolysis) is 1. The molecule has 1 atom stereocenters. The molecule has 33 heavy (non-hydrogen) atoms. The molecule has 1 saturated heterocycles. The van der Waals surface area contributed by atoms with Crippen molar-refractivity contribution in [2.45, 2.75) is 70.6 Å². The Labute approximate surface area is 196 Å².